The second-order valence-electron chi connectivity index (χ2n) is 5.28. The third-order valence-electron chi connectivity index (χ3n) is 3.22. The van der Waals surface area contributed by atoms with Crippen molar-refractivity contribution in [2.45, 2.75) is 6.29 Å². The smallest absolute Gasteiger partial charge is 0.482 e. The first-order valence-electron chi connectivity index (χ1n) is 7.54. The molecule has 0 unspecified atom stereocenters. The Bertz CT molecular complexity index is 859. The second-order valence-corrected chi connectivity index (χ2v) is 5.72. The summed E-state index contributed by atoms with van der Waals surface area (Å²) >= 11 is 5.73. The molecule has 0 spiro atoms. The van der Waals surface area contributed by atoms with Gasteiger partial charge in [0.1, 0.15) is 5.75 Å². The van der Waals surface area contributed by atoms with Crippen molar-refractivity contribution < 1.29 is 37.3 Å². The fourth-order valence-electron chi connectivity index (χ4n) is 2.08. The molecule has 142 valence electrons. The van der Waals surface area contributed by atoms with Crippen molar-refractivity contribution in [3.05, 3.63) is 47.5 Å². The second kappa shape index (κ2) is 7.67. The molecule has 0 aliphatic carbocycles. The van der Waals surface area contributed by atoms with Gasteiger partial charge in [0.15, 0.2) is 24.7 Å². The number of esters is 1. The molecule has 3 rings (SSSR count). The molecule has 2 aromatic rings. The molecule has 1 aliphatic heterocycles. The van der Waals surface area contributed by atoms with Gasteiger partial charge >= 0.3 is 12.3 Å². The molecule has 0 radical (unpaired) electrons. The Labute approximate surface area is 156 Å². The van der Waals surface area contributed by atoms with Crippen molar-refractivity contribution in [3.63, 3.8) is 0 Å². The van der Waals surface area contributed by atoms with Crippen LogP contribution in [0.3, 0.4) is 0 Å². The molecule has 2 aromatic carbocycles. The van der Waals surface area contributed by atoms with Crippen molar-refractivity contribution in [2.75, 3.05) is 18.5 Å². The monoisotopic (exact) mass is 399 g/mol. The summed E-state index contributed by atoms with van der Waals surface area (Å²) in [6, 6.07) is 10.1. The van der Waals surface area contributed by atoms with Gasteiger partial charge in [-0.15, -0.1) is 8.78 Å². The van der Waals surface area contributed by atoms with Crippen LogP contribution in [0.4, 0.5) is 14.5 Å². The van der Waals surface area contributed by atoms with Crippen LogP contribution in [0.1, 0.15) is 0 Å². The van der Waals surface area contributed by atoms with Crippen LogP contribution in [0, 0.1) is 0 Å². The summed E-state index contributed by atoms with van der Waals surface area (Å²) in [4.78, 5) is 23.4. The lowest BCUT2D eigenvalue weighted by atomic mass is 10.3. The summed E-state index contributed by atoms with van der Waals surface area (Å²) in [7, 11) is 0. The Balaban J connectivity index is 1.43. The minimum atomic E-state index is -3.75. The van der Waals surface area contributed by atoms with E-state index in [1.54, 1.807) is 24.3 Å². The average Bonchev–Trinajstić information content (AvgIpc) is 2.92. The van der Waals surface area contributed by atoms with E-state index in [2.05, 4.69) is 14.8 Å². The van der Waals surface area contributed by atoms with E-state index < -0.39 is 31.4 Å². The number of amides is 1. The van der Waals surface area contributed by atoms with Gasteiger partial charge in [0.25, 0.3) is 5.91 Å². The van der Waals surface area contributed by atoms with Crippen molar-refractivity contribution in [1.82, 2.24) is 0 Å². The van der Waals surface area contributed by atoms with Crippen LogP contribution in [0.5, 0.6) is 17.2 Å². The lowest BCUT2D eigenvalue weighted by molar-refractivity contribution is -0.286. The normalized spacial score (nSPS) is 13.7. The van der Waals surface area contributed by atoms with Crippen LogP contribution < -0.4 is 19.5 Å². The van der Waals surface area contributed by atoms with E-state index in [0.717, 1.165) is 0 Å². The van der Waals surface area contributed by atoms with Gasteiger partial charge in [0.05, 0.1) is 0 Å². The molecule has 0 saturated heterocycles. The zero-order valence-electron chi connectivity index (χ0n) is 13.5. The molecule has 1 heterocycles. The molecule has 1 aliphatic rings. The first-order chi connectivity index (χ1) is 12.8. The summed E-state index contributed by atoms with van der Waals surface area (Å²) in [5.74, 6) is -1.38. The van der Waals surface area contributed by atoms with E-state index in [0.29, 0.717) is 10.8 Å². The quantitative estimate of drug-likeness (QED) is 0.751. The van der Waals surface area contributed by atoms with E-state index >= 15 is 0 Å². The van der Waals surface area contributed by atoms with Gasteiger partial charge in [-0.1, -0.05) is 11.6 Å². The summed E-state index contributed by atoms with van der Waals surface area (Å²) < 4.78 is 44.4. The topological polar surface area (TPSA) is 83.1 Å². The highest BCUT2D eigenvalue weighted by Gasteiger charge is 2.43. The number of carbonyl (C=O) groups excluding carboxylic acids is 2. The summed E-state index contributed by atoms with van der Waals surface area (Å²) in [6.07, 6.45) is -3.75. The van der Waals surface area contributed by atoms with Crippen molar-refractivity contribution in [3.8, 4) is 17.2 Å². The van der Waals surface area contributed by atoms with E-state index in [-0.39, 0.29) is 17.2 Å². The maximum Gasteiger partial charge on any atom is 0.586 e. The maximum absolute atomic E-state index is 12.9. The highest BCUT2D eigenvalue weighted by molar-refractivity contribution is 6.30. The number of ether oxygens (including phenoxy) is 4. The van der Waals surface area contributed by atoms with E-state index in [9.17, 15) is 18.4 Å². The summed E-state index contributed by atoms with van der Waals surface area (Å²) in [5.41, 5.74) is 0.175. The molecule has 0 atom stereocenters. The highest BCUT2D eigenvalue weighted by Crippen LogP contribution is 2.42. The Morgan fingerprint density at radius 2 is 1.74 bits per heavy atom. The Hall–Kier alpha value is -3.07. The van der Waals surface area contributed by atoms with Crippen LogP contribution in [0.15, 0.2) is 42.5 Å². The SMILES string of the molecule is O=C(COC(=O)COc1ccc(Cl)cc1)Nc1ccc2c(c1)OC(F)(F)O2. The van der Waals surface area contributed by atoms with Crippen LogP contribution in [0.2, 0.25) is 5.02 Å². The lowest BCUT2D eigenvalue weighted by Gasteiger charge is -2.08. The summed E-state index contributed by atoms with van der Waals surface area (Å²) in [6.45, 7) is -0.971. The molecule has 0 fully saturated rings. The molecule has 0 saturated carbocycles. The highest BCUT2D eigenvalue weighted by atomic mass is 35.5. The van der Waals surface area contributed by atoms with Gasteiger partial charge in [0, 0.05) is 16.8 Å². The number of hydrogen-bond donors (Lipinski definition) is 1. The molecule has 0 bridgehead atoms. The minimum absolute atomic E-state index is 0.149. The van der Waals surface area contributed by atoms with E-state index in [1.165, 1.54) is 18.2 Å². The number of rotatable bonds is 6. The van der Waals surface area contributed by atoms with Crippen LogP contribution in [-0.4, -0.2) is 31.4 Å². The molecule has 0 aromatic heterocycles. The molecule has 1 amide bonds. The predicted molar refractivity (Wildman–Crippen MR) is 89.2 cm³/mol. The van der Waals surface area contributed by atoms with Gasteiger partial charge in [-0.05, 0) is 36.4 Å². The number of halogens is 3. The fourth-order valence-corrected chi connectivity index (χ4v) is 2.21. The van der Waals surface area contributed by atoms with Gasteiger partial charge < -0.3 is 24.3 Å². The zero-order chi connectivity index (χ0) is 19.4. The van der Waals surface area contributed by atoms with Crippen molar-refractivity contribution >= 4 is 29.2 Å². The third kappa shape index (κ3) is 5.20. The number of nitrogens with one attached hydrogen (secondary N) is 1. The largest absolute Gasteiger partial charge is 0.586 e. The Kier molecular flexibility index (Phi) is 5.31. The molecule has 10 heteroatoms. The van der Waals surface area contributed by atoms with Gasteiger partial charge in [-0.2, -0.15) is 0 Å². The van der Waals surface area contributed by atoms with E-state index in [1.807, 2.05) is 0 Å². The van der Waals surface area contributed by atoms with Crippen LogP contribution in [0.25, 0.3) is 0 Å². The third-order valence-corrected chi connectivity index (χ3v) is 3.47. The number of hydrogen-bond acceptors (Lipinski definition) is 6. The first kappa shape index (κ1) is 18.7. The molecule has 7 nitrogen and oxygen atoms in total. The number of alkyl halides is 2. The van der Waals surface area contributed by atoms with Crippen molar-refractivity contribution in [1.29, 1.82) is 0 Å². The molecular weight excluding hydrogens is 388 g/mol. The van der Waals surface area contributed by atoms with E-state index in [4.69, 9.17) is 21.1 Å². The Morgan fingerprint density at radius 1 is 1.04 bits per heavy atom. The van der Waals surface area contributed by atoms with Gasteiger partial charge in [-0.25, -0.2) is 4.79 Å². The minimum Gasteiger partial charge on any atom is -0.482 e. The molecule has 27 heavy (non-hydrogen) atoms. The predicted octanol–water partition coefficient (Wildman–Crippen LogP) is 3.22. The van der Waals surface area contributed by atoms with Gasteiger partial charge in [0.2, 0.25) is 0 Å². The summed E-state index contributed by atoms with van der Waals surface area (Å²) in [5, 5.41) is 2.90. The first-order valence-corrected chi connectivity index (χ1v) is 7.92. The number of carbonyl (C=O) groups is 2. The maximum atomic E-state index is 12.9. The molecule has 1 N–H and O–H groups in total. The molecular formula is C17H12ClF2NO6. The lowest BCUT2D eigenvalue weighted by Crippen LogP contribution is -2.26. The Morgan fingerprint density at radius 3 is 2.48 bits per heavy atom. The van der Waals surface area contributed by atoms with Crippen molar-refractivity contribution in [2.24, 2.45) is 0 Å². The fraction of sp³-hybridized carbons (Fsp3) is 0.176. The average molecular weight is 400 g/mol. The van der Waals surface area contributed by atoms with Crippen LogP contribution >= 0.6 is 11.6 Å². The number of benzene rings is 2. The van der Waals surface area contributed by atoms with Crippen LogP contribution in [-0.2, 0) is 14.3 Å². The number of anilines is 1. The standard InChI is InChI=1S/C17H12ClF2NO6/c18-10-1-4-12(5-2-10)24-9-16(23)25-8-15(22)21-11-3-6-13-14(7-11)27-17(19,20)26-13/h1-7H,8-9H2,(H,21,22). The number of fused-ring (bicyclic) bond motifs is 1. The van der Waals surface area contributed by atoms with Gasteiger partial charge in [-0.3, -0.25) is 4.79 Å². The zero-order valence-corrected chi connectivity index (χ0v) is 14.3.